The minimum Gasteiger partial charge on any atom is -0.398 e. The molecule has 0 atom stereocenters. The Morgan fingerprint density at radius 3 is 2.76 bits per heavy atom. The molecule has 3 nitrogen and oxygen atoms in total. The zero-order valence-electron chi connectivity index (χ0n) is 10.2. The molecule has 0 saturated heterocycles. The summed E-state index contributed by atoms with van der Waals surface area (Å²) in [5.74, 6) is 0. The third-order valence-corrected chi connectivity index (χ3v) is 3.51. The molecule has 0 aliphatic heterocycles. The van der Waals surface area contributed by atoms with Crippen LogP contribution in [0.4, 0.5) is 5.69 Å². The van der Waals surface area contributed by atoms with Crippen LogP contribution in [0.3, 0.4) is 0 Å². The Kier molecular flexibility index (Phi) is 4.15. The summed E-state index contributed by atoms with van der Waals surface area (Å²) >= 11 is 0. The van der Waals surface area contributed by atoms with Crippen LogP contribution < -0.4 is 11.1 Å². The zero-order chi connectivity index (χ0) is 12.1. The van der Waals surface area contributed by atoms with Gasteiger partial charge in [-0.1, -0.05) is 25.3 Å². The van der Waals surface area contributed by atoms with Gasteiger partial charge in [0.25, 0.3) is 0 Å². The van der Waals surface area contributed by atoms with Gasteiger partial charge in [-0.2, -0.15) is 0 Å². The molecule has 1 aromatic rings. The number of rotatable bonds is 4. The second-order valence-electron chi connectivity index (χ2n) is 4.82. The molecule has 3 heteroatoms. The summed E-state index contributed by atoms with van der Waals surface area (Å²) < 4.78 is 0. The quantitative estimate of drug-likeness (QED) is 0.551. The van der Waals surface area contributed by atoms with Crippen LogP contribution in [-0.2, 0) is 6.54 Å². The molecular formula is C14H21N3. The molecule has 4 N–H and O–H groups in total. The molecule has 0 amide bonds. The van der Waals surface area contributed by atoms with Gasteiger partial charge >= 0.3 is 0 Å². The predicted molar refractivity (Wildman–Crippen MR) is 72.5 cm³/mol. The lowest BCUT2D eigenvalue weighted by atomic mass is 9.95. The molecular weight excluding hydrogens is 210 g/mol. The first-order chi connectivity index (χ1) is 8.29. The van der Waals surface area contributed by atoms with Gasteiger partial charge in [-0.15, -0.1) is 0 Å². The van der Waals surface area contributed by atoms with Gasteiger partial charge in [-0.3, -0.25) is 0 Å². The van der Waals surface area contributed by atoms with Gasteiger partial charge in [-0.25, -0.2) is 0 Å². The Morgan fingerprint density at radius 1 is 1.29 bits per heavy atom. The van der Waals surface area contributed by atoms with E-state index in [0.29, 0.717) is 11.7 Å². The molecule has 0 unspecified atom stereocenters. The van der Waals surface area contributed by atoms with Crippen molar-refractivity contribution in [1.82, 2.24) is 5.32 Å². The van der Waals surface area contributed by atoms with Crippen LogP contribution in [-0.4, -0.2) is 12.3 Å². The minimum absolute atomic E-state index is 0.671. The number of anilines is 1. The normalized spacial score (nSPS) is 16.9. The van der Waals surface area contributed by atoms with Crippen molar-refractivity contribution in [2.45, 2.75) is 44.7 Å². The molecule has 1 aromatic carbocycles. The van der Waals surface area contributed by atoms with Crippen molar-refractivity contribution in [3.63, 3.8) is 0 Å². The number of nitrogen functional groups attached to an aromatic ring is 1. The van der Waals surface area contributed by atoms with Gasteiger partial charge in [-0.05, 0) is 30.5 Å². The summed E-state index contributed by atoms with van der Waals surface area (Å²) in [6, 6.07) is 6.60. The summed E-state index contributed by atoms with van der Waals surface area (Å²) in [4.78, 5) is 0. The second-order valence-corrected chi connectivity index (χ2v) is 4.82. The first-order valence-electron chi connectivity index (χ1n) is 6.42. The third kappa shape index (κ3) is 3.30. The number of nitrogens with two attached hydrogens (primary N) is 1. The van der Waals surface area contributed by atoms with Crippen molar-refractivity contribution in [3.05, 3.63) is 29.3 Å². The Morgan fingerprint density at radius 2 is 2.06 bits per heavy atom. The van der Waals surface area contributed by atoms with Crippen LogP contribution in [0.1, 0.15) is 43.2 Å². The van der Waals surface area contributed by atoms with Crippen molar-refractivity contribution in [2.24, 2.45) is 0 Å². The van der Waals surface area contributed by atoms with Crippen LogP contribution in [0.15, 0.2) is 18.2 Å². The van der Waals surface area contributed by atoms with E-state index >= 15 is 0 Å². The van der Waals surface area contributed by atoms with Crippen LogP contribution in [0.2, 0.25) is 0 Å². The van der Waals surface area contributed by atoms with Gasteiger partial charge in [0.15, 0.2) is 0 Å². The highest BCUT2D eigenvalue weighted by Crippen LogP contribution is 2.18. The molecule has 0 heterocycles. The highest BCUT2D eigenvalue weighted by atomic mass is 14.9. The first-order valence-corrected chi connectivity index (χ1v) is 6.42. The van der Waals surface area contributed by atoms with Crippen molar-refractivity contribution in [3.8, 4) is 0 Å². The maximum atomic E-state index is 7.28. The fraction of sp³-hybridized carbons (Fsp3) is 0.500. The van der Waals surface area contributed by atoms with E-state index in [9.17, 15) is 0 Å². The molecule has 92 valence electrons. The molecule has 0 bridgehead atoms. The van der Waals surface area contributed by atoms with Crippen LogP contribution in [0.25, 0.3) is 0 Å². The van der Waals surface area contributed by atoms with Gasteiger partial charge in [0.1, 0.15) is 0 Å². The zero-order valence-corrected chi connectivity index (χ0v) is 10.2. The Labute approximate surface area is 103 Å². The fourth-order valence-electron chi connectivity index (χ4n) is 2.43. The average molecular weight is 231 g/mol. The van der Waals surface area contributed by atoms with Crippen molar-refractivity contribution >= 4 is 11.9 Å². The van der Waals surface area contributed by atoms with Crippen molar-refractivity contribution in [1.29, 1.82) is 5.41 Å². The Balaban J connectivity index is 1.91. The Hall–Kier alpha value is -1.35. The molecule has 1 aliphatic carbocycles. The lowest BCUT2D eigenvalue weighted by Gasteiger charge is -2.23. The predicted octanol–water partition coefficient (Wildman–Crippen LogP) is 2.69. The maximum absolute atomic E-state index is 7.28. The lowest BCUT2D eigenvalue weighted by Crippen LogP contribution is -2.30. The molecule has 1 aliphatic rings. The van der Waals surface area contributed by atoms with E-state index in [-0.39, 0.29) is 0 Å². The molecule has 1 fully saturated rings. The summed E-state index contributed by atoms with van der Waals surface area (Å²) in [6.07, 6.45) is 8.01. The standard InChI is InChI=1S/C14H21N3/c15-9-12-8-11(6-7-14(12)16)10-17-13-4-2-1-3-5-13/h6-9,13,15,17H,1-5,10,16H2. The molecule has 1 saturated carbocycles. The maximum Gasteiger partial charge on any atom is 0.0403 e. The number of hydrogen-bond donors (Lipinski definition) is 3. The SMILES string of the molecule is N=Cc1cc(CNC2CCCCC2)ccc1N. The van der Waals surface area contributed by atoms with Gasteiger partial charge in [0.2, 0.25) is 0 Å². The summed E-state index contributed by atoms with van der Waals surface area (Å²) in [5.41, 5.74) is 8.47. The minimum atomic E-state index is 0.671. The number of hydrogen-bond acceptors (Lipinski definition) is 3. The Bertz CT molecular complexity index is 381. The highest BCUT2D eigenvalue weighted by Gasteiger charge is 2.12. The van der Waals surface area contributed by atoms with Crippen LogP contribution >= 0.6 is 0 Å². The van der Waals surface area contributed by atoms with Crippen molar-refractivity contribution < 1.29 is 0 Å². The largest absolute Gasteiger partial charge is 0.398 e. The van der Waals surface area contributed by atoms with E-state index in [4.69, 9.17) is 11.1 Å². The molecule has 0 aromatic heterocycles. The molecule has 17 heavy (non-hydrogen) atoms. The summed E-state index contributed by atoms with van der Waals surface area (Å²) in [5, 5.41) is 10.9. The highest BCUT2D eigenvalue weighted by molar-refractivity contribution is 5.85. The summed E-state index contributed by atoms with van der Waals surface area (Å²) in [7, 11) is 0. The van der Waals surface area contributed by atoms with Crippen molar-refractivity contribution in [2.75, 3.05) is 5.73 Å². The fourth-order valence-corrected chi connectivity index (χ4v) is 2.43. The van der Waals surface area contributed by atoms with E-state index in [1.165, 1.54) is 43.9 Å². The van der Waals surface area contributed by atoms with Gasteiger partial charge in [0, 0.05) is 30.1 Å². The smallest absolute Gasteiger partial charge is 0.0403 e. The number of benzene rings is 1. The topological polar surface area (TPSA) is 61.9 Å². The molecule has 0 radical (unpaired) electrons. The van der Waals surface area contributed by atoms with Gasteiger partial charge in [0.05, 0.1) is 0 Å². The lowest BCUT2D eigenvalue weighted by molar-refractivity contribution is 0.372. The first kappa shape index (κ1) is 12.1. The molecule has 0 spiro atoms. The van der Waals surface area contributed by atoms with E-state index in [0.717, 1.165) is 12.1 Å². The van der Waals surface area contributed by atoms with Crippen LogP contribution in [0.5, 0.6) is 0 Å². The second kappa shape index (κ2) is 5.82. The average Bonchev–Trinajstić information content (AvgIpc) is 2.39. The van der Waals surface area contributed by atoms with E-state index < -0.39 is 0 Å². The molecule has 2 rings (SSSR count). The third-order valence-electron chi connectivity index (χ3n) is 3.51. The van der Waals surface area contributed by atoms with E-state index in [2.05, 4.69) is 5.32 Å². The van der Waals surface area contributed by atoms with Crippen LogP contribution in [0, 0.1) is 5.41 Å². The summed E-state index contributed by atoms with van der Waals surface area (Å²) in [6.45, 7) is 0.881. The number of nitrogens with one attached hydrogen (secondary N) is 2. The van der Waals surface area contributed by atoms with Gasteiger partial charge < -0.3 is 16.5 Å². The van der Waals surface area contributed by atoms with E-state index in [1.54, 1.807) is 0 Å². The monoisotopic (exact) mass is 231 g/mol. The van der Waals surface area contributed by atoms with E-state index in [1.807, 2.05) is 18.2 Å².